The Bertz CT molecular complexity index is 2090. The van der Waals surface area contributed by atoms with Gasteiger partial charge in [0, 0.05) is 34.2 Å². The molecule has 4 heterocycles. The van der Waals surface area contributed by atoms with Crippen LogP contribution in [0.5, 0.6) is 0 Å². The minimum atomic E-state index is -5.74. The summed E-state index contributed by atoms with van der Waals surface area (Å²) in [6, 6.07) is 9.44. The molecule has 2 aromatic heterocycles. The molecule has 0 saturated carbocycles. The zero-order valence-corrected chi connectivity index (χ0v) is 34.0. The molecular weight excluding hydrogens is 855 g/mol. The van der Waals surface area contributed by atoms with E-state index in [1.54, 1.807) is 0 Å². The number of esters is 4. The predicted molar refractivity (Wildman–Crippen MR) is 196 cm³/mol. The predicted octanol–water partition coefficient (Wildman–Crippen LogP) is 0.846. The number of phosphoric acid groups is 1. The van der Waals surface area contributed by atoms with Crippen molar-refractivity contribution in [2.75, 3.05) is 18.5 Å². The highest BCUT2D eigenvalue weighted by Crippen LogP contribution is 2.62. The fourth-order valence-electron chi connectivity index (χ4n) is 5.99. The summed E-state index contributed by atoms with van der Waals surface area (Å²) >= 11 is 4.89. The molecule has 0 radical (unpaired) electrons. The highest BCUT2D eigenvalue weighted by Gasteiger charge is 2.57. The van der Waals surface area contributed by atoms with Crippen LogP contribution in [0.1, 0.15) is 39.5 Å². The normalized spacial score (nSPS) is 28.1. The SMILES string of the molecule is CC(=O)OC[C@H](F)C1OC(OP(=O)(O)OP(O)(=S)OCC2OC(n3cnc4c(NCc5ccccc5)ncnc43)C(O)C2O)C(OC(C)=O)C(OC(C)=O)C1OC(C)=O. The Kier molecular flexibility index (Phi) is 15.2. The van der Waals surface area contributed by atoms with E-state index >= 15 is 4.39 Å². The van der Waals surface area contributed by atoms with Crippen LogP contribution in [-0.4, -0.2) is 132 Å². The molecule has 11 unspecified atom stereocenters. The van der Waals surface area contributed by atoms with Crippen LogP contribution in [0.4, 0.5) is 10.2 Å². The van der Waals surface area contributed by atoms with Gasteiger partial charge in [0.2, 0.25) is 6.29 Å². The van der Waals surface area contributed by atoms with Crippen LogP contribution in [0.2, 0.25) is 0 Å². The van der Waals surface area contributed by atoms with Crippen LogP contribution in [-0.2, 0) is 83.9 Å². The molecular formula is C32H40FN5O18P2S. The number of aliphatic hydroxyl groups is 2. The number of aromatic nitrogens is 4. The Balaban J connectivity index is 1.29. The summed E-state index contributed by atoms with van der Waals surface area (Å²) in [7, 11) is -5.74. The van der Waals surface area contributed by atoms with E-state index in [1.807, 2.05) is 30.3 Å². The van der Waals surface area contributed by atoms with Gasteiger partial charge in [-0.05, 0) is 17.4 Å². The van der Waals surface area contributed by atoms with Gasteiger partial charge in [0.25, 0.3) is 0 Å². The molecule has 0 amide bonds. The Morgan fingerprint density at radius 1 is 0.915 bits per heavy atom. The van der Waals surface area contributed by atoms with Gasteiger partial charge in [0.15, 0.2) is 47.7 Å². The number of carbonyl (C=O) groups excluding carboxylic acids is 4. The molecule has 5 N–H and O–H groups in total. The van der Waals surface area contributed by atoms with Crippen molar-refractivity contribution in [2.24, 2.45) is 0 Å². The van der Waals surface area contributed by atoms with Gasteiger partial charge < -0.3 is 58.3 Å². The zero-order valence-electron chi connectivity index (χ0n) is 31.4. The molecule has 2 aliphatic heterocycles. The number of phosphoric ester groups is 1. The van der Waals surface area contributed by atoms with E-state index in [-0.39, 0.29) is 5.65 Å². The number of fused-ring (bicyclic) bond motifs is 1. The second kappa shape index (κ2) is 19.5. The van der Waals surface area contributed by atoms with Crippen molar-refractivity contribution in [1.82, 2.24) is 19.5 Å². The zero-order chi connectivity index (χ0) is 43.2. The van der Waals surface area contributed by atoms with Crippen LogP contribution < -0.4 is 5.32 Å². The molecule has 5 rings (SSSR count). The molecule has 0 aliphatic carbocycles. The lowest BCUT2D eigenvalue weighted by Crippen LogP contribution is -2.64. The first-order valence-corrected chi connectivity index (χ1v) is 21.4. The van der Waals surface area contributed by atoms with Gasteiger partial charge in [-0.3, -0.25) is 28.3 Å². The van der Waals surface area contributed by atoms with Crippen LogP contribution >= 0.6 is 14.5 Å². The fourth-order valence-corrected chi connectivity index (χ4v) is 9.08. The van der Waals surface area contributed by atoms with E-state index in [9.17, 15) is 43.7 Å². The molecule has 27 heteroatoms. The van der Waals surface area contributed by atoms with Gasteiger partial charge in [-0.25, -0.2) is 28.2 Å². The van der Waals surface area contributed by atoms with E-state index in [1.165, 1.54) is 17.2 Å². The lowest BCUT2D eigenvalue weighted by molar-refractivity contribution is -0.296. The lowest BCUT2D eigenvalue weighted by Gasteiger charge is -2.44. The topological polar surface area (TPSA) is 305 Å². The third-order valence-electron chi connectivity index (χ3n) is 8.36. The molecule has 3 aromatic rings. The number of anilines is 1. The molecule has 324 valence electrons. The summed E-state index contributed by atoms with van der Waals surface area (Å²) in [4.78, 5) is 81.9. The number of rotatable bonds is 17. The van der Waals surface area contributed by atoms with Gasteiger partial charge in [-0.15, -0.1) is 0 Å². The second-order valence-electron chi connectivity index (χ2n) is 12.9. The second-order valence-corrected chi connectivity index (χ2v) is 17.2. The third kappa shape index (κ3) is 12.0. The molecule has 59 heavy (non-hydrogen) atoms. The fraction of sp³-hybridized carbons (Fsp3) is 0.531. The highest BCUT2D eigenvalue weighted by atomic mass is 32.5. The minimum Gasteiger partial charge on any atom is -0.463 e. The smallest absolute Gasteiger partial charge is 0.463 e. The summed E-state index contributed by atoms with van der Waals surface area (Å²) in [6.07, 6.45) is -16.4. The van der Waals surface area contributed by atoms with E-state index in [0.717, 1.165) is 33.3 Å². The molecule has 1 aromatic carbocycles. The van der Waals surface area contributed by atoms with Crippen molar-refractivity contribution in [1.29, 1.82) is 0 Å². The van der Waals surface area contributed by atoms with Gasteiger partial charge in [-0.1, -0.05) is 30.3 Å². The molecule has 2 fully saturated rings. The molecule has 0 spiro atoms. The van der Waals surface area contributed by atoms with Crippen molar-refractivity contribution in [2.45, 2.75) is 95.7 Å². The highest BCUT2D eigenvalue weighted by molar-refractivity contribution is 8.08. The Labute approximate surface area is 338 Å². The Morgan fingerprint density at radius 3 is 2.20 bits per heavy atom. The van der Waals surface area contributed by atoms with Crippen LogP contribution in [0.25, 0.3) is 11.2 Å². The first kappa shape index (κ1) is 46.0. The standard InChI is InChI=1S/C32H40FN5O18P2S/c1-15(39)48-11-20(33)25-26(50-16(2)40)27(51-17(3)41)28(52-18(4)42)32(54-25)55-57(45,46)56-58(47,59)49-12-21-23(43)24(44)31(53-21)38-14-37-22-29(35-13-36-30(22)38)34-10-19-8-6-5-7-9-19/h5-9,13-14,20-21,23-28,31-32,43-44H,10-12H2,1-4H3,(H,45,46)(H,47,59)(H,34,35,36)/t20-,21?,23?,24?,25?,26?,27?,28?,31?,32?,58?/m0/s1. The first-order valence-electron chi connectivity index (χ1n) is 17.4. The van der Waals surface area contributed by atoms with Crippen molar-refractivity contribution in [3.05, 3.63) is 48.5 Å². The van der Waals surface area contributed by atoms with Crippen molar-refractivity contribution in [3.63, 3.8) is 0 Å². The first-order chi connectivity index (χ1) is 27.7. The van der Waals surface area contributed by atoms with Gasteiger partial charge in [-0.2, -0.15) is 0 Å². The number of alkyl halides is 1. The average molecular weight is 896 g/mol. The number of hydrogen-bond donors (Lipinski definition) is 5. The summed E-state index contributed by atoms with van der Waals surface area (Å²) in [6.45, 7) is -2.72. The maximum atomic E-state index is 15.5. The summed E-state index contributed by atoms with van der Waals surface area (Å²) < 4.78 is 76.5. The van der Waals surface area contributed by atoms with E-state index in [0.29, 0.717) is 17.9 Å². The Morgan fingerprint density at radius 2 is 1.56 bits per heavy atom. The minimum absolute atomic E-state index is 0.210. The molecule has 2 aliphatic rings. The summed E-state index contributed by atoms with van der Waals surface area (Å²) in [5.74, 6) is -3.81. The Hall–Kier alpha value is -4.10. The van der Waals surface area contributed by atoms with Crippen LogP contribution in [0.15, 0.2) is 43.0 Å². The van der Waals surface area contributed by atoms with Crippen molar-refractivity contribution in [3.8, 4) is 0 Å². The van der Waals surface area contributed by atoms with Crippen LogP contribution in [0.3, 0.4) is 0 Å². The van der Waals surface area contributed by atoms with Crippen molar-refractivity contribution < 1.29 is 89.9 Å². The molecule has 12 atom stereocenters. The van der Waals surface area contributed by atoms with E-state index < -0.39 is 113 Å². The number of carbonyl (C=O) groups is 4. The van der Waals surface area contributed by atoms with Gasteiger partial charge in [0.05, 0.1) is 12.9 Å². The van der Waals surface area contributed by atoms with Gasteiger partial charge in [0.1, 0.15) is 37.4 Å². The quantitative estimate of drug-likeness (QED) is 0.0712. The number of nitrogens with one attached hydrogen (secondary N) is 1. The molecule has 2 saturated heterocycles. The number of ether oxygens (including phenoxy) is 6. The average Bonchev–Trinajstić information content (AvgIpc) is 3.70. The molecule has 23 nitrogen and oxygen atoms in total. The number of aliphatic hydroxyl groups excluding tert-OH is 2. The number of halogens is 1. The third-order valence-corrected chi connectivity index (χ3v) is 11.9. The van der Waals surface area contributed by atoms with E-state index in [2.05, 4.69) is 25.0 Å². The molecule has 0 bridgehead atoms. The lowest BCUT2D eigenvalue weighted by atomic mass is 9.95. The summed E-state index contributed by atoms with van der Waals surface area (Å²) in [5.41, 5.74) is 1.48. The van der Waals surface area contributed by atoms with Gasteiger partial charge >= 0.3 is 38.4 Å². The number of benzene rings is 1. The largest absolute Gasteiger partial charge is 0.481 e. The number of hydrogen-bond acceptors (Lipinski definition) is 21. The maximum absolute atomic E-state index is 15.5. The van der Waals surface area contributed by atoms with E-state index in [4.69, 9.17) is 48.8 Å². The van der Waals surface area contributed by atoms with Crippen LogP contribution in [0, 0.1) is 0 Å². The monoisotopic (exact) mass is 895 g/mol. The summed E-state index contributed by atoms with van der Waals surface area (Å²) in [5, 5.41) is 24.9. The number of imidazole rings is 1. The van der Waals surface area contributed by atoms with Crippen molar-refractivity contribution >= 4 is 67.2 Å². The maximum Gasteiger partial charge on any atom is 0.481 e. The number of nitrogens with zero attached hydrogens (tertiary/aromatic N) is 4.